The van der Waals surface area contributed by atoms with Crippen LogP contribution in [0, 0.1) is 11.8 Å². The molecule has 34 heavy (non-hydrogen) atoms. The minimum Gasteiger partial charge on any atom is -0.508 e. The number of methoxy groups -OCH3 is 1. The lowest BCUT2D eigenvalue weighted by Crippen LogP contribution is -2.30. The minimum absolute atomic E-state index is 0.00631. The summed E-state index contributed by atoms with van der Waals surface area (Å²) in [5.74, 6) is 0.516. The monoisotopic (exact) mass is 466 g/mol. The van der Waals surface area contributed by atoms with Gasteiger partial charge in [0.15, 0.2) is 5.78 Å². The average molecular weight is 467 g/mol. The number of ketones is 1. The minimum atomic E-state index is -0.664. The number of carbonyl (C=O) groups is 2. The summed E-state index contributed by atoms with van der Waals surface area (Å²) >= 11 is 0. The third kappa shape index (κ3) is 7.47. The molecule has 1 aromatic carbocycles. The van der Waals surface area contributed by atoms with E-state index in [0.717, 1.165) is 24.0 Å². The Balaban J connectivity index is 2.07. The number of phenolic OH excluding ortho intramolecular Hbond substituents is 1. The van der Waals surface area contributed by atoms with Crippen LogP contribution in [0.3, 0.4) is 0 Å². The van der Waals surface area contributed by atoms with Crippen LogP contribution in [-0.4, -0.2) is 29.6 Å². The van der Waals surface area contributed by atoms with Crippen molar-refractivity contribution in [1.82, 2.24) is 0 Å². The van der Waals surface area contributed by atoms with E-state index in [0.29, 0.717) is 17.7 Å². The third-order valence-corrected chi connectivity index (χ3v) is 6.20. The second-order valence-corrected chi connectivity index (χ2v) is 9.60. The van der Waals surface area contributed by atoms with Crippen LogP contribution in [0.1, 0.15) is 59.4 Å². The topological polar surface area (TPSA) is 72.8 Å². The van der Waals surface area contributed by atoms with Gasteiger partial charge in [0.05, 0.1) is 13.5 Å². The number of allylic oxidation sites excluding steroid dienone is 6. The molecule has 0 bridgehead atoms. The molecule has 0 aromatic heterocycles. The number of carbonyl (C=O) groups excluding carboxylic acids is 2. The fraction of sp³-hybridized carbons (Fsp3) is 0.448. The molecule has 1 aliphatic carbocycles. The first-order valence-corrected chi connectivity index (χ1v) is 11.7. The molecule has 5 nitrogen and oxygen atoms in total. The predicted octanol–water partition coefficient (Wildman–Crippen LogP) is 6.28. The lowest BCUT2D eigenvalue weighted by Gasteiger charge is -2.28. The van der Waals surface area contributed by atoms with E-state index in [9.17, 15) is 14.7 Å². The van der Waals surface area contributed by atoms with Crippen molar-refractivity contribution in [3.8, 4) is 11.5 Å². The largest absolute Gasteiger partial charge is 0.508 e. The van der Waals surface area contributed by atoms with E-state index in [-0.39, 0.29) is 29.8 Å². The number of aromatic hydroxyl groups is 1. The molecule has 184 valence electrons. The highest BCUT2D eigenvalue weighted by Crippen LogP contribution is 2.34. The maximum atomic E-state index is 12.5. The predicted molar refractivity (Wildman–Crippen MR) is 136 cm³/mol. The summed E-state index contributed by atoms with van der Waals surface area (Å²) in [5.41, 5.74) is 3.14. The second-order valence-electron chi connectivity index (χ2n) is 9.60. The van der Waals surface area contributed by atoms with Crippen molar-refractivity contribution in [1.29, 1.82) is 0 Å². The van der Waals surface area contributed by atoms with Gasteiger partial charge in [0.2, 0.25) is 0 Å². The van der Waals surface area contributed by atoms with Crippen molar-refractivity contribution in [2.45, 2.75) is 65.9 Å². The van der Waals surface area contributed by atoms with Gasteiger partial charge in [0.1, 0.15) is 17.1 Å². The summed E-state index contributed by atoms with van der Waals surface area (Å²) < 4.78 is 11.0. The molecular formula is C29H38O5. The summed E-state index contributed by atoms with van der Waals surface area (Å²) in [6.07, 6.45) is 10.4. The van der Waals surface area contributed by atoms with Crippen LogP contribution in [0.2, 0.25) is 0 Å². The van der Waals surface area contributed by atoms with E-state index in [1.165, 1.54) is 24.8 Å². The highest BCUT2D eigenvalue weighted by atomic mass is 16.5. The average Bonchev–Trinajstić information content (AvgIpc) is 3.02. The van der Waals surface area contributed by atoms with Crippen LogP contribution in [0.5, 0.6) is 11.5 Å². The zero-order valence-electron chi connectivity index (χ0n) is 21.3. The molecule has 1 aromatic rings. The van der Waals surface area contributed by atoms with E-state index in [1.54, 1.807) is 12.1 Å². The number of phenols is 1. The van der Waals surface area contributed by atoms with Gasteiger partial charge in [-0.05, 0) is 89.6 Å². The summed E-state index contributed by atoms with van der Waals surface area (Å²) in [4.78, 5) is 24.3. The van der Waals surface area contributed by atoms with Gasteiger partial charge < -0.3 is 14.6 Å². The van der Waals surface area contributed by atoms with Crippen LogP contribution < -0.4 is 4.74 Å². The Hall–Kier alpha value is -3.08. The molecule has 2 rings (SSSR count). The normalized spacial score (nSPS) is 19.8. The molecule has 3 unspecified atom stereocenters. The fourth-order valence-corrected chi connectivity index (χ4v) is 4.25. The first-order valence-electron chi connectivity index (χ1n) is 11.7. The summed E-state index contributed by atoms with van der Waals surface area (Å²) in [5, 5.41) is 9.83. The van der Waals surface area contributed by atoms with E-state index >= 15 is 0 Å². The van der Waals surface area contributed by atoms with Crippen molar-refractivity contribution in [3.05, 3.63) is 71.4 Å². The van der Waals surface area contributed by atoms with E-state index < -0.39 is 11.6 Å². The fourth-order valence-electron chi connectivity index (χ4n) is 4.25. The lowest BCUT2D eigenvalue weighted by atomic mass is 9.87. The van der Waals surface area contributed by atoms with Gasteiger partial charge in [-0.2, -0.15) is 0 Å². The highest BCUT2D eigenvalue weighted by molar-refractivity contribution is 6.00. The number of hydrogen-bond donors (Lipinski definition) is 1. The van der Waals surface area contributed by atoms with Gasteiger partial charge in [-0.25, -0.2) is 0 Å². The standard InChI is InChI=1S/C29H38O5/c1-8-29(6,34-26-12-11-24(30)17-23(26)18-27(31)33-7)13-9-10-20(4)15-22-16-21(5)28(32)25(22)14-19(2)3/h8,10-12,14,16-17,22,25,30H,1,9,13,15,18H2,2-7H3. The summed E-state index contributed by atoms with van der Waals surface area (Å²) in [6, 6.07) is 4.71. The van der Waals surface area contributed by atoms with Gasteiger partial charge in [-0.3, -0.25) is 9.59 Å². The molecule has 0 heterocycles. The molecule has 1 N–H and O–H groups in total. The van der Waals surface area contributed by atoms with Gasteiger partial charge in [-0.15, -0.1) is 0 Å². The molecule has 3 atom stereocenters. The van der Waals surface area contributed by atoms with Gasteiger partial charge in [-0.1, -0.05) is 36.0 Å². The Morgan fingerprint density at radius 2 is 1.97 bits per heavy atom. The van der Waals surface area contributed by atoms with Crippen molar-refractivity contribution in [2.75, 3.05) is 7.11 Å². The zero-order valence-corrected chi connectivity index (χ0v) is 21.3. The number of rotatable bonds is 11. The van der Waals surface area contributed by atoms with Gasteiger partial charge in [0, 0.05) is 11.5 Å². The molecule has 0 aliphatic heterocycles. The van der Waals surface area contributed by atoms with Crippen LogP contribution in [0.4, 0.5) is 0 Å². The summed E-state index contributed by atoms with van der Waals surface area (Å²) in [7, 11) is 1.33. The molecule has 0 fully saturated rings. The molecule has 0 saturated carbocycles. The highest BCUT2D eigenvalue weighted by Gasteiger charge is 2.32. The molecule has 1 aliphatic rings. The first kappa shape index (κ1) is 27.2. The van der Waals surface area contributed by atoms with E-state index in [2.05, 4.69) is 31.7 Å². The van der Waals surface area contributed by atoms with Crippen molar-refractivity contribution < 1.29 is 24.2 Å². The number of esters is 1. The van der Waals surface area contributed by atoms with Crippen molar-refractivity contribution >= 4 is 11.8 Å². The van der Waals surface area contributed by atoms with E-state index in [1.807, 2.05) is 27.7 Å². The Morgan fingerprint density at radius 3 is 2.59 bits per heavy atom. The Kier molecular flexibility index (Phi) is 9.48. The molecule has 0 spiro atoms. The molecule has 5 heteroatoms. The van der Waals surface area contributed by atoms with Crippen molar-refractivity contribution in [3.63, 3.8) is 0 Å². The van der Waals surface area contributed by atoms with E-state index in [4.69, 9.17) is 9.47 Å². The van der Waals surface area contributed by atoms with Crippen LogP contribution in [0.15, 0.2) is 65.8 Å². The van der Waals surface area contributed by atoms with Crippen LogP contribution in [0.25, 0.3) is 0 Å². The quantitative estimate of drug-likeness (QED) is 0.307. The first-order chi connectivity index (χ1) is 16.0. The molecule has 0 radical (unpaired) electrons. The SMILES string of the molecule is C=CC(C)(CCC=C(C)CC1C=C(C)C(=O)C1C=C(C)C)Oc1ccc(O)cc1CC(=O)OC. The smallest absolute Gasteiger partial charge is 0.310 e. The number of hydrogen-bond acceptors (Lipinski definition) is 5. The number of Topliss-reactive ketones (excluding diaryl/α,β-unsaturated/α-hetero) is 1. The maximum absolute atomic E-state index is 12.5. The van der Waals surface area contributed by atoms with Gasteiger partial charge >= 0.3 is 5.97 Å². The zero-order chi connectivity index (χ0) is 25.5. The molecular weight excluding hydrogens is 428 g/mol. The van der Waals surface area contributed by atoms with Crippen LogP contribution >= 0.6 is 0 Å². The second kappa shape index (κ2) is 11.9. The third-order valence-electron chi connectivity index (χ3n) is 6.20. The number of ether oxygens (including phenoxy) is 2. The Bertz CT molecular complexity index is 1010. The van der Waals surface area contributed by atoms with Crippen molar-refractivity contribution in [2.24, 2.45) is 11.8 Å². The maximum Gasteiger partial charge on any atom is 0.310 e. The number of benzene rings is 1. The molecule has 0 saturated heterocycles. The van der Waals surface area contributed by atoms with Crippen LogP contribution in [-0.2, 0) is 20.7 Å². The molecule has 0 amide bonds. The Labute approximate surface area is 203 Å². The van der Waals surface area contributed by atoms with Gasteiger partial charge in [0.25, 0.3) is 0 Å². The Morgan fingerprint density at radius 1 is 1.26 bits per heavy atom. The summed E-state index contributed by atoms with van der Waals surface area (Å²) in [6.45, 7) is 14.0. The lowest BCUT2D eigenvalue weighted by molar-refractivity contribution is -0.139.